The first kappa shape index (κ1) is 20.3. The summed E-state index contributed by atoms with van der Waals surface area (Å²) in [6.45, 7) is 2.04. The summed E-state index contributed by atoms with van der Waals surface area (Å²) >= 11 is 0. The van der Waals surface area contributed by atoms with E-state index in [1.165, 1.54) is 0 Å². The van der Waals surface area contributed by atoms with E-state index in [-0.39, 0.29) is 0 Å². The molecule has 0 spiro atoms. The fourth-order valence-corrected chi connectivity index (χ4v) is 4.83. The van der Waals surface area contributed by atoms with Gasteiger partial charge in [-0.15, -0.1) is 0 Å². The maximum atomic E-state index is 7.26. The zero-order valence-electron chi connectivity index (χ0n) is 18.9. The average Bonchev–Trinajstić information content (AvgIpc) is 3.31. The summed E-state index contributed by atoms with van der Waals surface area (Å²) in [7, 11) is 0. The molecule has 2 heterocycles. The number of benzene rings is 4. The minimum absolute atomic E-state index is 0.801. The molecular weight excluding hydrogens is 416 g/mol. The zero-order valence-corrected chi connectivity index (χ0v) is 18.9. The van der Waals surface area contributed by atoms with Crippen molar-refractivity contribution in [2.45, 2.75) is 12.5 Å². The van der Waals surface area contributed by atoms with Crippen molar-refractivity contribution in [2.24, 2.45) is 0 Å². The first-order valence-corrected chi connectivity index (χ1v) is 11.5. The Labute approximate surface area is 199 Å². The van der Waals surface area contributed by atoms with Gasteiger partial charge in [-0.1, -0.05) is 121 Å². The minimum Gasteiger partial charge on any atom is -0.468 e. The van der Waals surface area contributed by atoms with Crippen LogP contribution in [0.25, 0.3) is 11.5 Å². The number of hydrogen-bond acceptors (Lipinski definition) is 2. The Morgan fingerprint density at radius 1 is 0.618 bits per heavy atom. The van der Waals surface area contributed by atoms with E-state index in [0.29, 0.717) is 0 Å². The van der Waals surface area contributed by atoms with Gasteiger partial charge in [0.2, 0.25) is 5.60 Å². The molecule has 3 heteroatoms. The van der Waals surface area contributed by atoms with Crippen LogP contribution in [0, 0.1) is 6.92 Å². The fourth-order valence-electron chi connectivity index (χ4n) is 4.83. The molecule has 0 saturated carbocycles. The van der Waals surface area contributed by atoms with Crippen LogP contribution in [0.3, 0.4) is 0 Å². The molecule has 3 nitrogen and oxygen atoms in total. The Morgan fingerprint density at radius 3 is 1.62 bits per heavy atom. The largest absolute Gasteiger partial charge is 0.468 e. The lowest BCUT2D eigenvalue weighted by Crippen LogP contribution is -2.38. The van der Waals surface area contributed by atoms with Gasteiger partial charge in [-0.25, -0.2) is 4.68 Å². The van der Waals surface area contributed by atoms with Gasteiger partial charge in [0, 0.05) is 22.3 Å². The van der Waals surface area contributed by atoms with Crippen LogP contribution in [-0.2, 0) is 10.3 Å². The molecule has 0 N–H and O–H groups in total. The number of hydrogen-bond donors (Lipinski definition) is 0. The van der Waals surface area contributed by atoms with Gasteiger partial charge in [-0.2, -0.15) is 5.10 Å². The number of nitrogens with zero attached hydrogens (tertiary/aromatic N) is 2. The van der Waals surface area contributed by atoms with E-state index in [2.05, 4.69) is 95.7 Å². The SMILES string of the molecule is Cc1cc2n(n1)C(c1ccccc1)=C(c1ccccc1)OC2(c1ccccc1)c1ccccc1. The molecule has 0 aliphatic carbocycles. The third kappa shape index (κ3) is 3.17. The van der Waals surface area contributed by atoms with Crippen molar-refractivity contribution in [2.75, 3.05) is 0 Å². The number of aromatic nitrogens is 2. The van der Waals surface area contributed by atoms with Crippen LogP contribution in [0.1, 0.15) is 33.6 Å². The van der Waals surface area contributed by atoms with Crippen molar-refractivity contribution in [3.63, 3.8) is 0 Å². The minimum atomic E-state index is -0.854. The molecule has 5 aromatic rings. The summed E-state index contributed by atoms with van der Waals surface area (Å²) in [5.74, 6) is 0.801. The molecule has 0 unspecified atom stereocenters. The van der Waals surface area contributed by atoms with Gasteiger partial charge >= 0.3 is 0 Å². The van der Waals surface area contributed by atoms with Crippen molar-refractivity contribution < 1.29 is 4.74 Å². The zero-order chi connectivity index (χ0) is 23.0. The van der Waals surface area contributed by atoms with Gasteiger partial charge in [0.25, 0.3) is 0 Å². The smallest absolute Gasteiger partial charge is 0.201 e. The lowest BCUT2D eigenvalue weighted by Gasteiger charge is -2.41. The molecule has 1 aromatic heterocycles. The monoisotopic (exact) mass is 440 g/mol. The van der Waals surface area contributed by atoms with Crippen molar-refractivity contribution in [3.05, 3.63) is 161 Å². The Balaban J connectivity index is 1.74. The quantitative estimate of drug-likeness (QED) is 0.304. The number of fused-ring (bicyclic) bond motifs is 1. The van der Waals surface area contributed by atoms with Crippen molar-refractivity contribution in [1.29, 1.82) is 0 Å². The van der Waals surface area contributed by atoms with E-state index < -0.39 is 5.60 Å². The van der Waals surface area contributed by atoms with Crippen LogP contribution in [0.4, 0.5) is 0 Å². The van der Waals surface area contributed by atoms with E-state index in [9.17, 15) is 0 Å². The fraction of sp³-hybridized carbons (Fsp3) is 0.0645. The molecule has 34 heavy (non-hydrogen) atoms. The van der Waals surface area contributed by atoms with Crippen LogP contribution in [0.15, 0.2) is 127 Å². The Hall–Kier alpha value is -4.37. The lowest BCUT2D eigenvalue weighted by atomic mass is 9.81. The van der Waals surface area contributed by atoms with E-state index in [4.69, 9.17) is 9.84 Å². The summed E-state index contributed by atoms with van der Waals surface area (Å²) in [4.78, 5) is 0. The first-order valence-electron chi connectivity index (χ1n) is 11.5. The molecule has 1 aliphatic rings. The highest BCUT2D eigenvalue weighted by atomic mass is 16.5. The second-order valence-electron chi connectivity index (χ2n) is 8.51. The molecule has 6 rings (SSSR count). The molecule has 0 saturated heterocycles. The highest BCUT2D eigenvalue weighted by molar-refractivity contribution is 5.89. The van der Waals surface area contributed by atoms with Crippen molar-refractivity contribution >= 4 is 11.5 Å². The van der Waals surface area contributed by atoms with Gasteiger partial charge in [0.05, 0.1) is 11.4 Å². The number of aryl methyl sites for hydroxylation is 1. The van der Waals surface area contributed by atoms with Gasteiger partial charge in [0.1, 0.15) is 5.70 Å². The summed E-state index contributed by atoms with van der Waals surface area (Å²) < 4.78 is 9.34. The van der Waals surface area contributed by atoms with E-state index in [1.807, 2.05) is 43.3 Å². The molecule has 164 valence electrons. The average molecular weight is 441 g/mol. The summed E-state index contributed by atoms with van der Waals surface area (Å²) in [6.07, 6.45) is 0. The van der Waals surface area contributed by atoms with Gasteiger partial charge in [0.15, 0.2) is 5.76 Å². The molecule has 1 aliphatic heterocycles. The highest BCUT2D eigenvalue weighted by Gasteiger charge is 2.47. The summed E-state index contributed by atoms with van der Waals surface area (Å²) in [6, 6.07) is 43.7. The van der Waals surface area contributed by atoms with Crippen LogP contribution in [0.2, 0.25) is 0 Å². The summed E-state index contributed by atoms with van der Waals surface area (Å²) in [5.41, 5.74) is 6.20. The third-order valence-corrected chi connectivity index (χ3v) is 6.32. The molecule has 0 amide bonds. The molecule has 0 radical (unpaired) electrons. The van der Waals surface area contributed by atoms with E-state index in [1.54, 1.807) is 0 Å². The van der Waals surface area contributed by atoms with Gasteiger partial charge in [-0.05, 0) is 13.0 Å². The van der Waals surface area contributed by atoms with Crippen LogP contribution >= 0.6 is 0 Å². The predicted octanol–water partition coefficient (Wildman–Crippen LogP) is 6.89. The summed E-state index contributed by atoms with van der Waals surface area (Å²) in [5, 5.41) is 5.01. The Morgan fingerprint density at radius 2 is 1.09 bits per heavy atom. The van der Waals surface area contributed by atoms with Gasteiger partial charge < -0.3 is 4.74 Å². The standard InChI is InChI=1S/C31H24N2O/c1-23-22-28-31(26-18-10-4-11-19-26,27-20-12-5-13-21-27)34-30(25-16-8-3-9-17-25)29(33(28)32-23)24-14-6-2-7-15-24/h2-22H,1H3. The maximum absolute atomic E-state index is 7.26. The van der Waals surface area contributed by atoms with E-state index in [0.717, 1.165) is 45.1 Å². The van der Waals surface area contributed by atoms with Crippen LogP contribution in [0.5, 0.6) is 0 Å². The van der Waals surface area contributed by atoms with Crippen molar-refractivity contribution in [3.8, 4) is 0 Å². The number of rotatable bonds is 4. The molecule has 0 fully saturated rings. The first-order chi connectivity index (χ1) is 16.8. The topological polar surface area (TPSA) is 27.1 Å². The normalized spacial score (nSPS) is 14.4. The molecular formula is C31H24N2O. The van der Waals surface area contributed by atoms with Crippen LogP contribution < -0.4 is 0 Å². The maximum Gasteiger partial charge on any atom is 0.201 e. The number of ether oxygens (including phenoxy) is 1. The van der Waals surface area contributed by atoms with E-state index >= 15 is 0 Å². The van der Waals surface area contributed by atoms with Crippen LogP contribution in [-0.4, -0.2) is 9.78 Å². The second kappa shape index (κ2) is 8.20. The predicted molar refractivity (Wildman–Crippen MR) is 136 cm³/mol. The van der Waals surface area contributed by atoms with Crippen molar-refractivity contribution in [1.82, 2.24) is 9.78 Å². The molecule has 0 atom stereocenters. The van der Waals surface area contributed by atoms with Gasteiger partial charge in [-0.3, -0.25) is 0 Å². The molecule has 4 aromatic carbocycles. The second-order valence-corrected chi connectivity index (χ2v) is 8.51. The third-order valence-electron chi connectivity index (χ3n) is 6.32. The Kier molecular flexibility index (Phi) is 4.88. The lowest BCUT2D eigenvalue weighted by molar-refractivity contribution is 0.105. The highest BCUT2D eigenvalue weighted by Crippen LogP contribution is 2.49. The molecule has 0 bridgehead atoms. The Bertz CT molecular complexity index is 1410.